The summed E-state index contributed by atoms with van der Waals surface area (Å²) in [5, 5.41) is 12.6. The van der Waals surface area contributed by atoms with Crippen LogP contribution in [0.2, 0.25) is 0 Å². The first-order chi connectivity index (χ1) is 9.67. The van der Waals surface area contributed by atoms with E-state index in [9.17, 15) is 0 Å². The van der Waals surface area contributed by atoms with Crippen LogP contribution < -0.4 is 10.1 Å². The van der Waals surface area contributed by atoms with E-state index in [0.717, 1.165) is 31.7 Å². The van der Waals surface area contributed by atoms with Gasteiger partial charge in [-0.3, -0.25) is 0 Å². The number of fused-ring (bicyclic) bond motifs is 1. The number of hydrogen-bond donors (Lipinski definition) is 2. The van der Waals surface area contributed by atoms with Crippen LogP contribution >= 0.6 is 0 Å². The molecule has 0 radical (unpaired) electrons. The van der Waals surface area contributed by atoms with Crippen molar-refractivity contribution in [1.82, 2.24) is 5.32 Å². The van der Waals surface area contributed by atoms with Crippen molar-refractivity contribution < 1.29 is 14.6 Å². The van der Waals surface area contributed by atoms with Gasteiger partial charge in [0.1, 0.15) is 5.75 Å². The number of rotatable bonds is 8. The highest BCUT2D eigenvalue weighted by molar-refractivity contribution is 5.39. The maximum Gasteiger partial charge on any atom is 0.122 e. The lowest BCUT2D eigenvalue weighted by Gasteiger charge is -2.29. The minimum absolute atomic E-state index is 0.163. The zero-order chi connectivity index (χ0) is 14.4. The Morgan fingerprint density at radius 2 is 2.30 bits per heavy atom. The van der Waals surface area contributed by atoms with Gasteiger partial charge in [-0.05, 0) is 43.5 Å². The number of methoxy groups -OCH3 is 1. The monoisotopic (exact) mass is 279 g/mol. The molecule has 0 aromatic heterocycles. The first kappa shape index (κ1) is 15.3. The molecule has 4 heteroatoms. The summed E-state index contributed by atoms with van der Waals surface area (Å²) in [6.07, 6.45) is 2.68. The molecule has 1 aliphatic rings. The summed E-state index contributed by atoms with van der Waals surface area (Å²) in [6, 6.07) is 6.44. The lowest BCUT2D eigenvalue weighted by molar-refractivity contribution is 0.0985. The Labute approximate surface area is 121 Å². The summed E-state index contributed by atoms with van der Waals surface area (Å²) in [5.41, 5.74) is 2.48. The predicted octanol–water partition coefficient (Wildman–Crippen LogP) is 1.54. The normalized spacial score (nSPS) is 16.6. The van der Waals surface area contributed by atoms with Crippen LogP contribution in [-0.2, 0) is 17.6 Å². The summed E-state index contributed by atoms with van der Waals surface area (Å²) in [6.45, 7) is 4.54. The quantitative estimate of drug-likeness (QED) is 0.758. The number of ether oxygens (including phenoxy) is 2. The van der Waals surface area contributed by atoms with Gasteiger partial charge in [0.25, 0.3) is 0 Å². The van der Waals surface area contributed by atoms with Gasteiger partial charge in [-0.15, -0.1) is 0 Å². The van der Waals surface area contributed by atoms with Crippen LogP contribution in [0.5, 0.6) is 5.75 Å². The second kappa shape index (κ2) is 7.07. The van der Waals surface area contributed by atoms with Gasteiger partial charge in [0.05, 0.1) is 13.2 Å². The smallest absolute Gasteiger partial charge is 0.122 e. The third-order valence-electron chi connectivity index (χ3n) is 3.85. The standard InChI is InChI=1S/C16H25NO3/c1-16(7-9-18,12-19-2)17-8-5-13-3-4-15-14(11-13)6-10-20-15/h3-4,11,17-18H,5-10,12H2,1-2H3. The highest BCUT2D eigenvalue weighted by atomic mass is 16.5. The molecule has 1 atom stereocenters. The first-order valence-corrected chi connectivity index (χ1v) is 7.26. The molecule has 112 valence electrons. The Balaban J connectivity index is 1.85. The van der Waals surface area contributed by atoms with Gasteiger partial charge in [0, 0.05) is 25.7 Å². The Hall–Kier alpha value is -1.10. The Bertz CT molecular complexity index is 428. The van der Waals surface area contributed by atoms with E-state index in [2.05, 4.69) is 30.4 Å². The molecule has 0 fully saturated rings. The van der Waals surface area contributed by atoms with Crippen LogP contribution in [0.1, 0.15) is 24.5 Å². The number of nitrogens with one attached hydrogen (secondary N) is 1. The Morgan fingerprint density at radius 3 is 3.05 bits per heavy atom. The minimum Gasteiger partial charge on any atom is -0.493 e. The first-order valence-electron chi connectivity index (χ1n) is 7.26. The molecule has 0 bridgehead atoms. The van der Waals surface area contributed by atoms with Crippen LogP contribution in [0, 0.1) is 0 Å². The predicted molar refractivity (Wildman–Crippen MR) is 79.3 cm³/mol. The van der Waals surface area contributed by atoms with Crippen molar-refractivity contribution in [3.05, 3.63) is 29.3 Å². The topological polar surface area (TPSA) is 50.7 Å². The summed E-state index contributed by atoms with van der Waals surface area (Å²) in [7, 11) is 1.69. The van der Waals surface area contributed by atoms with Gasteiger partial charge in [-0.25, -0.2) is 0 Å². The van der Waals surface area contributed by atoms with Gasteiger partial charge in [-0.2, -0.15) is 0 Å². The number of hydrogen-bond acceptors (Lipinski definition) is 4. The highest BCUT2D eigenvalue weighted by Crippen LogP contribution is 2.25. The van der Waals surface area contributed by atoms with Crippen LogP contribution in [0.25, 0.3) is 0 Å². The van der Waals surface area contributed by atoms with Crippen molar-refractivity contribution in [3.63, 3.8) is 0 Å². The maximum absolute atomic E-state index is 9.14. The Morgan fingerprint density at radius 1 is 1.45 bits per heavy atom. The third-order valence-corrected chi connectivity index (χ3v) is 3.85. The molecule has 1 aromatic rings. The largest absolute Gasteiger partial charge is 0.493 e. The second-order valence-electron chi connectivity index (χ2n) is 5.68. The van der Waals surface area contributed by atoms with E-state index in [1.165, 1.54) is 11.1 Å². The van der Waals surface area contributed by atoms with Gasteiger partial charge < -0.3 is 19.9 Å². The van der Waals surface area contributed by atoms with Crippen LogP contribution in [0.3, 0.4) is 0 Å². The number of aliphatic hydroxyl groups excluding tert-OH is 1. The molecule has 0 spiro atoms. The molecule has 0 aliphatic carbocycles. The number of aliphatic hydroxyl groups is 1. The zero-order valence-electron chi connectivity index (χ0n) is 12.4. The van der Waals surface area contributed by atoms with Crippen LogP contribution in [-0.4, -0.2) is 44.1 Å². The molecule has 2 rings (SSSR count). The molecule has 20 heavy (non-hydrogen) atoms. The fourth-order valence-corrected chi connectivity index (χ4v) is 2.68. The van der Waals surface area contributed by atoms with E-state index >= 15 is 0 Å². The molecule has 0 amide bonds. The molecule has 1 heterocycles. The van der Waals surface area contributed by atoms with Gasteiger partial charge in [-0.1, -0.05) is 12.1 Å². The van der Waals surface area contributed by atoms with Crippen LogP contribution in [0.15, 0.2) is 18.2 Å². The van der Waals surface area contributed by atoms with Crippen molar-refractivity contribution in [3.8, 4) is 5.75 Å². The number of benzene rings is 1. The lowest BCUT2D eigenvalue weighted by atomic mass is 9.98. The molecule has 1 unspecified atom stereocenters. The fraction of sp³-hybridized carbons (Fsp3) is 0.625. The van der Waals surface area contributed by atoms with Crippen molar-refractivity contribution in [2.45, 2.75) is 31.7 Å². The molecule has 4 nitrogen and oxygen atoms in total. The van der Waals surface area contributed by atoms with E-state index in [0.29, 0.717) is 13.0 Å². The van der Waals surface area contributed by atoms with Crippen molar-refractivity contribution >= 4 is 0 Å². The van der Waals surface area contributed by atoms with Crippen molar-refractivity contribution in [2.24, 2.45) is 0 Å². The van der Waals surface area contributed by atoms with E-state index in [1.54, 1.807) is 7.11 Å². The van der Waals surface area contributed by atoms with Crippen molar-refractivity contribution in [1.29, 1.82) is 0 Å². The summed E-state index contributed by atoms with van der Waals surface area (Å²) in [4.78, 5) is 0. The third kappa shape index (κ3) is 3.95. The SMILES string of the molecule is COCC(C)(CCO)NCCc1ccc2c(c1)CCO2. The van der Waals surface area contributed by atoms with Gasteiger partial charge in [0.15, 0.2) is 0 Å². The summed E-state index contributed by atoms with van der Waals surface area (Å²) < 4.78 is 10.7. The minimum atomic E-state index is -0.163. The summed E-state index contributed by atoms with van der Waals surface area (Å²) >= 11 is 0. The van der Waals surface area contributed by atoms with E-state index in [-0.39, 0.29) is 12.1 Å². The van der Waals surface area contributed by atoms with Gasteiger partial charge >= 0.3 is 0 Å². The molecule has 2 N–H and O–H groups in total. The van der Waals surface area contributed by atoms with E-state index < -0.39 is 0 Å². The lowest BCUT2D eigenvalue weighted by Crippen LogP contribution is -2.47. The maximum atomic E-state index is 9.14. The molecule has 1 aliphatic heterocycles. The van der Waals surface area contributed by atoms with Crippen LogP contribution in [0.4, 0.5) is 0 Å². The molecular formula is C16H25NO3. The van der Waals surface area contributed by atoms with E-state index in [1.807, 2.05) is 0 Å². The molecular weight excluding hydrogens is 254 g/mol. The average Bonchev–Trinajstić information content (AvgIpc) is 2.86. The molecule has 0 saturated heterocycles. The fourth-order valence-electron chi connectivity index (χ4n) is 2.68. The van der Waals surface area contributed by atoms with Gasteiger partial charge in [0.2, 0.25) is 0 Å². The molecule has 1 aromatic carbocycles. The molecule has 0 saturated carbocycles. The zero-order valence-corrected chi connectivity index (χ0v) is 12.4. The average molecular weight is 279 g/mol. The Kier molecular flexibility index (Phi) is 5.40. The highest BCUT2D eigenvalue weighted by Gasteiger charge is 2.22. The van der Waals surface area contributed by atoms with Crippen molar-refractivity contribution in [2.75, 3.05) is 33.5 Å². The second-order valence-corrected chi connectivity index (χ2v) is 5.68. The van der Waals surface area contributed by atoms with E-state index in [4.69, 9.17) is 14.6 Å². The summed E-state index contributed by atoms with van der Waals surface area (Å²) in [5.74, 6) is 1.03.